The van der Waals surface area contributed by atoms with Gasteiger partial charge in [0.25, 0.3) is 0 Å². The van der Waals surface area contributed by atoms with Gasteiger partial charge in [-0.05, 0) is 12.1 Å². The number of thiocarbonyl (C=S) groups is 1. The van der Waals surface area contributed by atoms with E-state index in [0.717, 1.165) is 15.4 Å². The van der Waals surface area contributed by atoms with Crippen molar-refractivity contribution in [2.45, 2.75) is 19.1 Å². The second kappa shape index (κ2) is 4.63. The molecule has 0 atom stereocenters. The van der Waals surface area contributed by atoms with Gasteiger partial charge in [-0.1, -0.05) is 38.2 Å². The molecule has 0 saturated carbocycles. The van der Waals surface area contributed by atoms with Crippen LogP contribution in [0.4, 0.5) is 5.69 Å². The van der Waals surface area contributed by atoms with Gasteiger partial charge in [0.05, 0.1) is 4.20 Å². The van der Waals surface area contributed by atoms with E-state index >= 15 is 0 Å². The van der Waals surface area contributed by atoms with Crippen LogP contribution in [-0.4, -0.2) is 9.45 Å². The van der Waals surface area contributed by atoms with Crippen LogP contribution in [0.1, 0.15) is 19.4 Å². The zero-order valence-corrected chi connectivity index (χ0v) is 9.41. The van der Waals surface area contributed by atoms with Crippen molar-refractivity contribution < 1.29 is 0 Å². The van der Waals surface area contributed by atoms with E-state index in [4.69, 9.17) is 18.0 Å². The van der Waals surface area contributed by atoms with E-state index < -0.39 is 0 Å². The molecule has 0 fully saturated rings. The molecule has 0 heterocycles. The van der Waals surface area contributed by atoms with Crippen LogP contribution >= 0.6 is 24.0 Å². The topological polar surface area (TPSA) is 26.0 Å². The SMILES string of the molecule is CC(C)SC(=S)c1cccc(N)c1. The van der Waals surface area contributed by atoms with Crippen LogP contribution in [-0.2, 0) is 0 Å². The smallest absolute Gasteiger partial charge is 0.0781 e. The predicted octanol–water partition coefficient (Wildman–Crippen LogP) is 3.09. The maximum absolute atomic E-state index is 5.66. The van der Waals surface area contributed by atoms with Crippen molar-refractivity contribution in [1.29, 1.82) is 0 Å². The Hall–Kier alpha value is -0.540. The third-order valence-electron chi connectivity index (χ3n) is 1.47. The van der Waals surface area contributed by atoms with E-state index in [0.29, 0.717) is 5.25 Å². The Morgan fingerprint density at radius 3 is 2.69 bits per heavy atom. The highest BCUT2D eigenvalue weighted by Gasteiger charge is 2.04. The van der Waals surface area contributed by atoms with Gasteiger partial charge < -0.3 is 5.73 Å². The number of nitrogens with two attached hydrogens (primary N) is 1. The number of thioether (sulfide) groups is 1. The molecule has 1 nitrogen and oxygen atoms in total. The summed E-state index contributed by atoms with van der Waals surface area (Å²) in [6, 6.07) is 7.70. The Morgan fingerprint density at radius 2 is 2.15 bits per heavy atom. The van der Waals surface area contributed by atoms with Crippen LogP contribution < -0.4 is 5.73 Å². The molecule has 0 aliphatic carbocycles. The summed E-state index contributed by atoms with van der Waals surface area (Å²) in [6.07, 6.45) is 0. The summed E-state index contributed by atoms with van der Waals surface area (Å²) in [4.78, 5) is 0. The molecule has 0 saturated heterocycles. The molecular weight excluding hydrogens is 198 g/mol. The largest absolute Gasteiger partial charge is 0.399 e. The van der Waals surface area contributed by atoms with Crippen LogP contribution in [0, 0.1) is 0 Å². The van der Waals surface area contributed by atoms with Crippen LogP contribution in [0.3, 0.4) is 0 Å². The number of benzene rings is 1. The number of hydrogen-bond donors (Lipinski definition) is 1. The molecule has 0 aliphatic heterocycles. The van der Waals surface area contributed by atoms with E-state index in [9.17, 15) is 0 Å². The number of hydrogen-bond acceptors (Lipinski definition) is 3. The lowest BCUT2D eigenvalue weighted by molar-refractivity contribution is 1.12. The highest BCUT2D eigenvalue weighted by molar-refractivity contribution is 8.24. The zero-order valence-electron chi connectivity index (χ0n) is 7.78. The van der Waals surface area contributed by atoms with Gasteiger partial charge in [0, 0.05) is 16.5 Å². The van der Waals surface area contributed by atoms with Crippen molar-refractivity contribution in [1.82, 2.24) is 0 Å². The van der Waals surface area contributed by atoms with Crippen LogP contribution in [0.2, 0.25) is 0 Å². The van der Waals surface area contributed by atoms with Crippen LogP contribution in [0.15, 0.2) is 24.3 Å². The van der Waals surface area contributed by atoms with Crippen molar-refractivity contribution in [3.8, 4) is 0 Å². The minimum Gasteiger partial charge on any atom is -0.399 e. The second-order valence-electron chi connectivity index (χ2n) is 3.08. The molecular formula is C10H13NS2. The van der Waals surface area contributed by atoms with Gasteiger partial charge in [-0.3, -0.25) is 0 Å². The average molecular weight is 211 g/mol. The second-order valence-corrected chi connectivity index (χ2v) is 5.33. The van der Waals surface area contributed by atoms with Crippen molar-refractivity contribution in [3.63, 3.8) is 0 Å². The Balaban J connectivity index is 2.77. The first-order valence-electron chi connectivity index (χ1n) is 4.16. The molecule has 0 bridgehead atoms. The van der Waals surface area contributed by atoms with Crippen molar-refractivity contribution >= 4 is 33.9 Å². The van der Waals surface area contributed by atoms with E-state index in [1.807, 2.05) is 24.3 Å². The lowest BCUT2D eigenvalue weighted by Crippen LogP contribution is -1.98. The molecule has 0 unspecified atom stereocenters. The van der Waals surface area contributed by atoms with Gasteiger partial charge in [0.1, 0.15) is 0 Å². The number of rotatable bonds is 2. The first kappa shape index (κ1) is 10.5. The summed E-state index contributed by atoms with van der Waals surface area (Å²) in [7, 11) is 0. The Morgan fingerprint density at radius 1 is 1.46 bits per heavy atom. The minimum atomic E-state index is 0.522. The summed E-state index contributed by atoms with van der Waals surface area (Å²) >= 11 is 6.96. The monoisotopic (exact) mass is 211 g/mol. The van der Waals surface area contributed by atoms with E-state index in [1.165, 1.54) is 0 Å². The van der Waals surface area contributed by atoms with Crippen molar-refractivity contribution in [2.75, 3.05) is 5.73 Å². The lowest BCUT2D eigenvalue weighted by Gasteiger charge is -2.06. The van der Waals surface area contributed by atoms with Crippen molar-refractivity contribution in [3.05, 3.63) is 29.8 Å². The van der Waals surface area contributed by atoms with Gasteiger partial charge in [-0.25, -0.2) is 0 Å². The molecule has 1 rings (SSSR count). The molecule has 1 aromatic rings. The number of anilines is 1. The quantitative estimate of drug-likeness (QED) is 0.601. The first-order chi connectivity index (χ1) is 6.09. The zero-order chi connectivity index (χ0) is 9.84. The summed E-state index contributed by atoms with van der Waals surface area (Å²) in [5.74, 6) is 0. The maximum atomic E-state index is 5.66. The summed E-state index contributed by atoms with van der Waals surface area (Å²) in [5.41, 5.74) is 7.48. The third kappa shape index (κ3) is 3.36. The summed E-state index contributed by atoms with van der Waals surface area (Å²) < 4.78 is 0.919. The Bertz CT molecular complexity index is 308. The lowest BCUT2D eigenvalue weighted by atomic mass is 10.2. The normalized spacial score (nSPS) is 10.4. The first-order valence-corrected chi connectivity index (χ1v) is 5.45. The molecule has 0 spiro atoms. The van der Waals surface area contributed by atoms with Crippen LogP contribution in [0.25, 0.3) is 0 Å². The Kier molecular flexibility index (Phi) is 3.75. The Labute approximate surface area is 88.7 Å². The highest BCUT2D eigenvalue weighted by Crippen LogP contribution is 2.19. The molecule has 0 amide bonds. The highest BCUT2D eigenvalue weighted by atomic mass is 32.2. The molecule has 70 valence electrons. The molecule has 0 aromatic heterocycles. The average Bonchev–Trinajstić information content (AvgIpc) is 2.03. The van der Waals surface area contributed by atoms with E-state index in [-0.39, 0.29) is 0 Å². The predicted molar refractivity (Wildman–Crippen MR) is 65.3 cm³/mol. The van der Waals surface area contributed by atoms with Crippen molar-refractivity contribution in [2.24, 2.45) is 0 Å². The molecule has 3 heteroatoms. The fourth-order valence-electron chi connectivity index (χ4n) is 0.948. The fourth-order valence-corrected chi connectivity index (χ4v) is 2.34. The molecule has 0 radical (unpaired) electrons. The molecule has 1 aromatic carbocycles. The van der Waals surface area contributed by atoms with E-state index in [1.54, 1.807) is 11.8 Å². The molecule has 2 N–H and O–H groups in total. The molecule has 13 heavy (non-hydrogen) atoms. The molecule has 0 aliphatic rings. The standard InChI is InChI=1S/C10H13NS2/c1-7(2)13-10(12)8-4-3-5-9(11)6-8/h3-7H,11H2,1-2H3. The summed E-state index contributed by atoms with van der Waals surface area (Å²) in [5, 5.41) is 0.522. The van der Waals surface area contributed by atoms with E-state index in [2.05, 4.69) is 13.8 Å². The van der Waals surface area contributed by atoms with Gasteiger partial charge in [-0.15, -0.1) is 11.8 Å². The maximum Gasteiger partial charge on any atom is 0.0781 e. The minimum absolute atomic E-state index is 0.522. The van der Waals surface area contributed by atoms with Gasteiger partial charge >= 0.3 is 0 Å². The summed E-state index contributed by atoms with van der Waals surface area (Å²) in [6.45, 7) is 4.26. The van der Waals surface area contributed by atoms with Gasteiger partial charge in [0.2, 0.25) is 0 Å². The van der Waals surface area contributed by atoms with Gasteiger partial charge in [-0.2, -0.15) is 0 Å². The van der Waals surface area contributed by atoms with Crippen LogP contribution in [0.5, 0.6) is 0 Å². The number of nitrogen functional groups attached to an aromatic ring is 1. The third-order valence-corrected chi connectivity index (χ3v) is 2.91. The fraction of sp³-hybridized carbons (Fsp3) is 0.300. The van der Waals surface area contributed by atoms with Gasteiger partial charge in [0.15, 0.2) is 0 Å².